The molecular formula is C24H33N5O5. The van der Waals surface area contributed by atoms with Crippen LogP contribution in [0.3, 0.4) is 0 Å². The summed E-state index contributed by atoms with van der Waals surface area (Å²) in [4.78, 5) is 54.5. The van der Waals surface area contributed by atoms with Crippen molar-refractivity contribution in [1.29, 1.82) is 0 Å². The quantitative estimate of drug-likeness (QED) is 0.344. The minimum Gasteiger partial charge on any atom is -0.480 e. The van der Waals surface area contributed by atoms with Gasteiger partial charge in [-0.1, -0.05) is 32.0 Å². The van der Waals surface area contributed by atoms with Crippen molar-refractivity contribution in [2.24, 2.45) is 11.7 Å². The lowest BCUT2D eigenvalue weighted by Gasteiger charge is -2.28. The summed E-state index contributed by atoms with van der Waals surface area (Å²) in [7, 11) is 0. The van der Waals surface area contributed by atoms with Crippen LogP contribution in [0, 0.1) is 5.92 Å². The fourth-order valence-electron chi connectivity index (χ4n) is 4.41. The van der Waals surface area contributed by atoms with E-state index in [1.807, 2.05) is 38.1 Å². The summed E-state index contributed by atoms with van der Waals surface area (Å²) in [5.74, 6) is -2.26. The van der Waals surface area contributed by atoms with Gasteiger partial charge in [0.15, 0.2) is 0 Å². The molecule has 1 aromatic carbocycles. The first kappa shape index (κ1) is 25.2. The van der Waals surface area contributed by atoms with Gasteiger partial charge in [-0.3, -0.25) is 19.2 Å². The van der Waals surface area contributed by atoms with Crippen molar-refractivity contribution in [3.05, 3.63) is 36.0 Å². The number of fused-ring (bicyclic) bond motifs is 1. The van der Waals surface area contributed by atoms with E-state index in [1.165, 1.54) is 4.90 Å². The molecule has 2 aromatic rings. The Balaban J connectivity index is 1.76. The lowest BCUT2D eigenvalue weighted by atomic mass is 10.0. The number of para-hydroxylation sites is 1. The van der Waals surface area contributed by atoms with Crippen LogP contribution in [-0.4, -0.2) is 69.9 Å². The van der Waals surface area contributed by atoms with Gasteiger partial charge in [-0.2, -0.15) is 0 Å². The zero-order valence-corrected chi connectivity index (χ0v) is 19.5. The summed E-state index contributed by atoms with van der Waals surface area (Å²) in [5, 5.41) is 15.0. The molecule has 184 valence electrons. The lowest BCUT2D eigenvalue weighted by Crippen LogP contribution is -2.56. The van der Waals surface area contributed by atoms with Gasteiger partial charge < -0.3 is 31.4 Å². The topological polar surface area (TPSA) is 158 Å². The van der Waals surface area contributed by atoms with Crippen molar-refractivity contribution in [3.63, 3.8) is 0 Å². The molecule has 3 rings (SSSR count). The molecule has 6 N–H and O–H groups in total. The number of nitrogens with one attached hydrogen (secondary N) is 3. The molecule has 2 heterocycles. The smallest absolute Gasteiger partial charge is 0.322 e. The standard InChI is InChI=1S/C24H33N5O5/c1-14(2)10-17(25)24(34)29-9-5-8-20(29)23(33)28-19(22(32)27-13-21(30)31)11-15-12-26-18-7-4-3-6-16(15)18/h3-4,6-7,12,14,17,19-20,26H,5,8-11,13,25H2,1-2H3,(H,27,32)(H,28,33)(H,30,31). The fraction of sp³-hybridized carbons (Fsp3) is 0.500. The van der Waals surface area contributed by atoms with Gasteiger partial charge in [0.05, 0.1) is 6.04 Å². The van der Waals surface area contributed by atoms with Crippen molar-refractivity contribution in [2.45, 2.75) is 57.7 Å². The molecule has 0 radical (unpaired) electrons. The first-order valence-corrected chi connectivity index (χ1v) is 11.6. The van der Waals surface area contributed by atoms with Crippen molar-refractivity contribution < 1.29 is 24.3 Å². The fourth-order valence-corrected chi connectivity index (χ4v) is 4.41. The monoisotopic (exact) mass is 471 g/mol. The van der Waals surface area contributed by atoms with Gasteiger partial charge >= 0.3 is 5.97 Å². The number of likely N-dealkylation sites (tertiary alicyclic amines) is 1. The second-order valence-electron chi connectivity index (χ2n) is 9.16. The Kier molecular flexibility index (Phi) is 8.27. The van der Waals surface area contributed by atoms with Crippen molar-refractivity contribution in [3.8, 4) is 0 Å². The van der Waals surface area contributed by atoms with Crippen LogP contribution in [-0.2, 0) is 25.6 Å². The summed E-state index contributed by atoms with van der Waals surface area (Å²) in [6, 6.07) is 5.16. The summed E-state index contributed by atoms with van der Waals surface area (Å²) in [6.07, 6.45) is 3.59. The Morgan fingerprint density at radius 3 is 2.68 bits per heavy atom. The maximum atomic E-state index is 13.2. The molecule has 10 nitrogen and oxygen atoms in total. The number of aromatic nitrogens is 1. The third kappa shape index (κ3) is 6.13. The van der Waals surface area contributed by atoms with E-state index in [1.54, 1.807) is 6.20 Å². The zero-order valence-electron chi connectivity index (χ0n) is 19.5. The molecule has 1 aliphatic rings. The molecule has 1 saturated heterocycles. The highest BCUT2D eigenvalue weighted by Crippen LogP contribution is 2.22. The molecule has 0 saturated carbocycles. The van der Waals surface area contributed by atoms with Gasteiger partial charge in [0, 0.05) is 30.1 Å². The molecule has 0 spiro atoms. The van der Waals surface area contributed by atoms with Crippen LogP contribution >= 0.6 is 0 Å². The maximum Gasteiger partial charge on any atom is 0.322 e. The minimum atomic E-state index is -1.18. The number of hydrogen-bond donors (Lipinski definition) is 5. The van der Waals surface area contributed by atoms with Crippen LogP contribution in [0.15, 0.2) is 30.5 Å². The zero-order chi connectivity index (χ0) is 24.8. The van der Waals surface area contributed by atoms with Gasteiger partial charge in [0.1, 0.15) is 18.6 Å². The van der Waals surface area contributed by atoms with Crippen molar-refractivity contribution >= 4 is 34.6 Å². The predicted octanol–water partition coefficient (Wildman–Crippen LogP) is 0.760. The SMILES string of the molecule is CC(C)CC(N)C(=O)N1CCCC1C(=O)NC(Cc1c[nH]c2ccccc12)C(=O)NCC(=O)O. The van der Waals surface area contributed by atoms with Crippen molar-refractivity contribution in [1.82, 2.24) is 20.5 Å². The Morgan fingerprint density at radius 2 is 1.97 bits per heavy atom. The van der Waals surface area contributed by atoms with Gasteiger partial charge in [-0.25, -0.2) is 0 Å². The lowest BCUT2D eigenvalue weighted by molar-refractivity contribution is -0.141. The molecule has 3 amide bonds. The predicted molar refractivity (Wildman–Crippen MR) is 127 cm³/mol. The molecule has 0 bridgehead atoms. The Hall–Kier alpha value is -3.40. The third-order valence-corrected chi connectivity index (χ3v) is 6.03. The second kappa shape index (κ2) is 11.1. The van der Waals surface area contributed by atoms with Crippen molar-refractivity contribution in [2.75, 3.05) is 13.1 Å². The first-order chi connectivity index (χ1) is 16.2. The highest BCUT2D eigenvalue weighted by Gasteiger charge is 2.37. The molecule has 0 aliphatic carbocycles. The van der Waals surface area contributed by atoms with E-state index in [2.05, 4.69) is 15.6 Å². The number of hydrogen-bond acceptors (Lipinski definition) is 5. The average molecular weight is 472 g/mol. The van der Waals surface area contributed by atoms with Crippen LogP contribution in [0.1, 0.15) is 38.7 Å². The molecule has 1 fully saturated rings. The Labute approximate surface area is 198 Å². The molecule has 34 heavy (non-hydrogen) atoms. The van der Waals surface area contributed by atoms with Gasteiger partial charge in [-0.05, 0) is 36.8 Å². The van der Waals surface area contributed by atoms with E-state index >= 15 is 0 Å². The Bertz CT molecular complexity index is 1050. The molecule has 1 aromatic heterocycles. The number of nitrogens with two attached hydrogens (primary N) is 1. The Morgan fingerprint density at radius 1 is 1.24 bits per heavy atom. The number of benzene rings is 1. The van der Waals surface area contributed by atoms with E-state index in [0.29, 0.717) is 25.8 Å². The highest BCUT2D eigenvalue weighted by atomic mass is 16.4. The third-order valence-electron chi connectivity index (χ3n) is 6.03. The minimum absolute atomic E-state index is 0.161. The average Bonchev–Trinajstić information content (AvgIpc) is 3.43. The molecular weight excluding hydrogens is 438 g/mol. The van der Waals surface area contributed by atoms with E-state index < -0.39 is 42.5 Å². The number of carboxylic acid groups (broad SMARTS) is 1. The number of H-pyrrole nitrogens is 1. The maximum absolute atomic E-state index is 13.2. The molecule has 1 aliphatic heterocycles. The summed E-state index contributed by atoms with van der Waals surface area (Å²) in [6.45, 7) is 3.83. The number of carboxylic acids is 1. The number of aromatic amines is 1. The summed E-state index contributed by atoms with van der Waals surface area (Å²) >= 11 is 0. The first-order valence-electron chi connectivity index (χ1n) is 11.6. The van der Waals surface area contributed by atoms with Crippen LogP contribution in [0.5, 0.6) is 0 Å². The number of amides is 3. The van der Waals surface area contributed by atoms with Crippen LogP contribution in [0.25, 0.3) is 10.9 Å². The van der Waals surface area contributed by atoms with E-state index in [-0.39, 0.29) is 18.2 Å². The number of nitrogens with zero attached hydrogens (tertiary/aromatic N) is 1. The van der Waals surface area contributed by atoms with Crippen LogP contribution in [0.4, 0.5) is 0 Å². The van der Waals surface area contributed by atoms with E-state index in [9.17, 15) is 19.2 Å². The highest BCUT2D eigenvalue weighted by molar-refractivity contribution is 5.94. The number of carbonyl (C=O) groups is 4. The largest absolute Gasteiger partial charge is 0.480 e. The number of aliphatic carboxylic acids is 1. The van der Waals surface area contributed by atoms with Crippen LogP contribution < -0.4 is 16.4 Å². The number of rotatable bonds is 10. The van der Waals surface area contributed by atoms with E-state index in [4.69, 9.17) is 10.8 Å². The van der Waals surface area contributed by atoms with E-state index in [0.717, 1.165) is 16.5 Å². The van der Waals surface area contributed by atoms with Crippen LogP contribution in [0.2, 0.25) is 0 Å². The van der Waals surface area contributed by atoms with Gasteiger partial charge in [0.25, 0.3) is 0 Å². The molecule has 3 unspecified atom stereocenters. The summed E-state index contributed by atoms with van der Waals surface area (Å²) < 4.78 is 0. The van der Waals surface area contributed by atoms with Gasteiger partial charge in [0.2, 0.25) is 17.7 Å². The second-order valence-corrected chi connectivity index (χ2v) is 9.16. The molecule has 3 atom stereocenters. The van der Waals surface area contributed by atoms with Gasteiger partial charge in [-0.15, -0.1) is 0 Å². The normalized spacial score (nSPS) is 17.5. The molecule has 10 heteroatoms. The number of carbonyl (C=O) groups excluding carboxylic acids is 3. The summed E-state index contributed by atoms with van der Waals surface area (Å²) in [5.41, 5.74) is 7.77.